The van der Waals surface area contributed by atoms with Gasteiger partial charge >= 0.3 is 5.97 Å². The molecular weight excluding hydrogens is 353 g/mol. The fourth-order valence-electron chi connectivity index (χ4n) is 2.66. The van der Waals surface area contributed by atoms with Gasteiger partial charge in [-0.1, -0.05) is 12.1 Å². The van der Waals surface area contributed by atoms with Gasteiger partial charge in [0.05, 0.1) is 26.7 Å². The molecule has 27 heavy (non-hydrogen) atoms. The van der Waals surface area contributed by atoms with Crippen molar-refractivity contribution in [3.8, 4) is 11.5 Å². The standard InChI is InChI=1S/C20H22FNO5/c1-26-16-9-13(10-17(11-16)27-2)3-8-19(23)22-18(12-20(24)25)14-4-6-15(21)7-5-14/h4-7,9-11,18H,3,8,12H2,1-2H3,(H,22,23)(H,24,25). The molecule has 0 aliphatic rings. The predicted octanol–water partition coefficient (Wildman–Crippen LogP) is 3.11. The molecule has 0 heterocycles. The zero-order chi connectivity index (χ0) is 19.8. The second-order valence-electron chi connectivity index (χ2n) is 5.99. The molecule has 1 amide bonds. The van der Waals surface area contributed by atoms with Crippen molar-refractivity contribution in [1.82, 2.24) is 5.32 Å². The maximum atomic E-state index is 13.1. The van der Waals surface area contributed by atoms with Gasteiger partial charge in [0.25, 0.3) is 0 Å². The molecule has 7 heteroatoms. The fraction of sp³-hybridized carbons (Fsp3) is 0.300. The Labute approximate surface area is 156 Å². The lowest BCUT2D eigenvalue weighted by Crippen LogP contribution is -2.30. The van der Waals surface area contributed by atoms with E-state index in [0.29, 0.717) is 23.5 Å². The molecular formula is C20H22FNO5. The van der Waals surface area contributed by atoms with Crippen LogP contribution in [0, 0.1) is 5.82 Å². The number of rotatable bonds is 9. The van der Waals surface area contributed by atoms with E-state index < -0.39 is 17.8 Å². The van der Waals surface area contributed by atoms with Crippen molar-refractivity contribution < 1.29 is 28.6 Å². The van der Waals surface area contributed by atoms with Crippen LogP contribution < -0.4 is 14.8 Å². The number of carbonyl (C=O) groups is 2. The van der Waals surface area contributed by atoms with Gasteiger partial charge in [0.1, 0.15) is 17.3 Å². The van der Waals surface area contributed by atoms with E-state index in [9.17, 15) is 14.0 Å². The highest BCUT2D eigenvalue weighted by atomic mass is 19.1. The molecule has 0 spiro atoms. The van der Waals surface area contributed by atoms with Crippen molar-refractivity contribution in [3.63, 3.8) is 0 Å². The second kappa shape index (κ2) is 9.56. The average Bonchev–Trinajstić information content (AvgIpc) is 2.65. The summed E-state index contributed by atoms with van der Waals surface area (Å²) in [7, 11) is 3.09. The zero-order valence-corrected chi connectivity index (χ0v) is 15.2. The lowest BCUT2D eigenvalue weighted by atomic mass is 10.0. The number of carboxylic acid groups (broad SMARTS) is 1. The minimum absolute atomic E-state index is 0.160. The van der Waals surface area contributed by atoms with Crippen LogP contribution in [0.5, 0.6) is 11.5 Å². The molecule has 1 unspecified atom stereocenters. The largest absolute Gasteiger partial charge is 0.497 e. The quantitative estimate of drug-likeness (QED) is 0.703. The number of carboxylic acids is 1. The molecule has 2 N–H and O–H groups in total. The average molecular weight is 375 g/mol. The molecule has 0 aliphatic carbocycles. The van der Waals surface area contributed by atoms with Crippen LogP contribution in [0.25, 0.3) is 0 Å². The monoisotopic (exact) mass is 375 g/mol. The van der Waals surface area contributed by atoms with Gasteiger partial charge in [0.15, 0.2) is 0 Å². The summed E-state index contributed by atoms with van der Waals surface area (Å²) >= 11 is 0. The molecule has 0 bridgehead atoms. The highest BCUT2D eigenvalue weighted by Crippen LogP contribution is 2.23. The van der Waals surface area contributed by atoms with Crippen molar-refractivity contribution in [3.05, 3.63) is 59.4 Å². The Hall–Kier alpha value is -3.09. The van der Waals surface area contributed by atoms with Gasteiger partial charge in [-0.25, -0.2) is 4.39 Å². The van der Waals surface area contributed by atoms with E-state index in [4.69, 9.17) is 14.6 Å². The number of ether oxygens (including phenoxy) is 2. The molecule has 0 aromatic heterocycles. The summed E-state index contributed by atoms with van der Waals surface area (Å²) in [6, 6.07) is 10.0. The number of methoxy groups -OCH3 is 2. The number of halogens is 1. The van der Waals surface area contributed by atoms with E-state index in [-0.39, 0.29) is 18.7 Å². The molecule has 0 aliphatic heterocycles. The van der Waals surface area contributed by atoms with Crippen molar-refractivity contribution in [2.24, 2.45) is 0 Å². The maximum absolute atomic E-state index is 13.1. The van der Waals surface area contributed by atoms with E-state index in [1.54, 1.807) is 20.3 Å². The van der Waals surface area contributed by atoms with Crippen LogP contribution in [0.3, 0.4) is 0 Å². The van der Waals surface area contributed by atoms with Crippen LogP contribution in [0.15, 0.2) is 42.5 Å². The lowest BCUT2D eigenvalue weighted by molar-refractivity contribution is -0.137. The SMILES string of the molecule is COc1cc(CCC(=O)NC(CC(=O)O)c2ccc(F)cc2)cc(OC)c1. The summed E-state index contributed by atoms with van der Waals surface area (Å²) in [5.41, 5.74) is 1.40. The van der Waals surface area contributed by atoms with Gasteiger partial charge in [-0.15, -0.1) is 0 Å². The summed E-state index contributed by atoms with van der Waals surface area (Å²) in [6.45, 7) is 0. The first-order valence-electron chi connectivity index (χ1n) is 8.40. The van der Waals surface area contributed by atoms with Crippen LogP contribution in [0.2, 0.25) is 0 Å². The minimum atomic E-state index is -1.05. The molecule has 144 valence electrons. The molecule has 2 rings (SSSR count). The van der Waals surface area contributed by atoms with Gasteiger partial charge in [0, 0.05) is 12.5 Å². The molecule has 1 atom stereocenters. The fourth-order valence-corrected chi connectivity index (χ4v) is 2.66. The summed E-state index contributed by atoms with van der Waals surface area (Å²) < 4.78 is 23.5. The molecule has 6 nitrogen and oxygen atoms in total. The van der Waals surface area contributed by atoms with Crippen LogP contribution in [0.1, 0.15) is 30.0 Å². The Morgan fingerprint density at radius 2 is 1.67 bits per heavy atom. The van der Waals surface area contributed by atoms with Gasteiger partial charge in [-0.05, 0) is 41.8 Å². The zero-order valence-electron chi connectivity index (χ0n) is 15.2. The number of carbonyl (C=O) groups excluding carboxylic acids is 1. The summed E-state index contributed by atoms with van der Waals surface area (Å²) in [4.78, 5) is 23.4. The van der Waals surface area contributed by atoms with E-state index in [1.807, 2.05) is 12.1 Å². The lowest BCUT2D eigenvalue weighted by Gasteiger charge is -2.17. The Balaban J connectivity index is 2.03. The third-order valence-corrected chi connectivity index (χ3v) is 4.04. The third-order valence-electron chi connectivity index (χ3n) is 4.04. The first-order valence-corrected chi connectivity index (χ1v) is 8.40. The topological polar surface area (TPSA) is 84.9 Å². The van der Waals surface area contributed by atoms with E-state index >= 15 is 0 Å². The minimum Gasteiger partial charge on any atom is -0.497 e. The third kappa shape index (κ3) is 6.29. The number of nitrogens with one attached hydrogen (secondary N) is 1. The molecule has 0 fully saturated rings. The smallest absolute Gasteiger partial charge is 0.305 e. The number of aryl methyl sites for hydroxylation is 1. The highest BCUT2D eigenvalue weighted by molar-refractivity contribution is 5.78. The van der Waals surface area contributed by atoms with Crippen LogP contribution >= 0.6 is 0 Å². The van der Waals surface area contributed by atoms with Crippen LogP contribution in [-0.2, 0) is 16.0 Å². The van der Waals surface area contributed by atoms with Gasteiger partial charge in [-0.3, -0.25) is 9.59 Å². The first-order chi connectivity index (χ1) is 12.9. The molecule has 2 aromatic carbocycles. The molecule has 2 aromatic rings. The van der Waals surface area contributed by atoms with E-state index in [1.165, 1.54) is 24.3 Å². The first kappa shape index (κ1) is 20.2. The van der Waals surface area contributed by atoms with Gasteiger partial charge < -0.3 is 19.9 Å². The van der Waals surface area contributed by atoms with Crippen molar-refractivity contribution in [2.45, 2.75) is 25.3 Å². The maximum Gasteiger partial charge on any atom is 0.305 e. The number of aliphatic carboxylic acids is 1. The number of hydrogen-bond acceptors (Lipinski definition) is 4. The van der Waals surface area contributed by atoms with Crippen molar-refractivity contribution >= 4 is 11.9 Å². The number of benzene rings is 2. The molecule has 0 saturated heterocycles. The number of hydrogen-bond donors (Lipinski definition) is 2. The van der Waals surface area contributed by atoms with E-state index in [0.717, 1.165) is 5.56 Å². The number of amides is 1. The Kier molecular flexibility index (Phi) is 7.16. The van der Waals surface area contributed by atoms with Crippen molar-refractivity contribution in [2.75, 3.05) is 14.2 Å². The van der Waals surface area contributed by atoms with E-state index in [2.05, 4.69) is 5.32 Å². The predicted molar refractivity (Wildman–Crippen MR) is 97.4 cm³/mol. The summed E-state index contributed by atoms with van der Waals surface area (Å²) in [5.74, 6) is -0.528. The van der Waals surface area contributed by atoms with Gasteiger partial charge in [-0.2, -0.15) is 0 Å². The summed E-state index contributed by atoms with van der Waals surface area (Å²) in [6.07, 6.45) is 0.306. The van der Waals surface area contributed by atoms with Crippen molar-refractivity contribution in [1.29, 1.82) is 0 Å². The molecule has 0 radical (unpaired) electrons. The Morgan fingerprint density at radius 1 is 1.07 bits per heavy atom. The van der Waals surface area contributed by atoms with Gasteiger partial charge in [0.2, 0.25) is 5.91 Å². The second-order valence-corrected chi connectivity index (χ2v) is 5.99. The normalized spacial score (nSPS) is 11.5. The highest BCUT2D eigenvalue weighted by Gasteiger charge is 2.18. The Morgan fingerprint density at radius 3 is 2.19 bits per heavy atom. The Bertz CT molecular complexity index is 769. The molecule has 0 saturated carbocycles. The summed E-state index contributed by atoms with van der Waals surface area (Å²) in [5, 5.41) is 11.8. The van der Waals surface area contributed by atoms with Crippen LogP contribution in [0.4, 0.5) is 4.39 Å². The van der Waals surface area contributed by atoms with Crippen LogP contribution in [-0.4, -0.2) is 31.2 Å².